The minimum Gasteiger partial charge on any atom is -0.469 e. The first-order chi connectivity index (χ1) is 9.34. The molecule has 0 saturated heterocycles. The summed E-state index contributed by atoms with van der Waals surface area (Å²) in [6.45, 7) is 0. The fourth-order valence-electron chi connectivity index (χ4n) is 2.65. The quantitative estimate of drug-likeness (QED) is 0.849. The number of aromatic nitrogens is 2. The predicted octanol–water partition coefficient (Wildman–Crippen LogP) is 2.39. The molecule has 0 radical (unpaired) electrons. The molecule has 1 aromatic rings. The third-order valence-corrected chi connectivity index (χ3v) is 3.60. The number of carbonyl (C=O) groups excluding carboxylic acids is 1. The van der Waals surface area contributed by atoms with Gasteiger partial charge >= 0.3 is 12.1 Å². The summed E-state index contributed by atoms with van der Waals surface area (Å²) in [5.74, 6) is -0.897. The Morgan fingerprint density at radius 1 is 1.45 bits per heavy atom. The van der Waals surface area contributed by atoms with E-state index in [9.17, 15) is 18.0 Å². The zero-order valence-corrected chi connectivity index (χ0v) is 11.0. The Kier molecular flexibility index (Phi) is 3.92. The van der Waals surface area contributed by atoms with Gasteiger partial charge in [0.05, 0.1) is 24.8 Å². The van der Waals surface area contributed by atoms with Gasteiger partial charge in [0, 0.05) is 6.20 Å². The number of hydrogen-bond acceptors (Lipinski definition) is 4. The van der Waals surface area contributed by atoms with Crippen molar-refractivity contribution in [2.45, 2.75) is 37.9 Å². The molecule has 1 aliphatic rings. The van der Waals surface area contributed by atoms with Gasteiger partial charge in [-0.25, -0.2) is 0 Å². The molecule has 1 heterocycles. The second-order valence-corrected chi connectivity index (χ2v) is 4.89. The van der Waals surface area contributed by atoms with E-state index >= 15 is 0 Å². The van der Waals surface area contributed by atoms with Gasteiger partial charge in [0.2, 0.25) is 0 Å². The van der Waals surface area contributed by atoms with Gasteiger partial charge in [0.15, 0.2) is 5.69 Å². The summed E-state index contributed by atoms with van der Waals surface area (Å²) in [4.78, 5) is 11.7. The second-order valence-electron chi connectivity index (χ2n) is 4.89. The van der Waals surface area contributed by atoms with Crippen molar-refractivity contribution in [3.05, 3.63) is 11.9 Å². The largest absolute Gasteiger partial charge is 0.469 e. The highest BCUT2D eigenvalue weighted by molar-refractivity contribution is 5.73. The van der Waals surface area contributed by atoms with Crippen molar-refractivity contribution in [3.8, 4) is 0 Å². The maximum atomic E-state index is 12.7. The maximum Gasteiger partial charge on any atom is 0.437 e. The number of methoxy groups -OCH3 is 1. The molecule has 112 valence electrons. The number of ether oxygens (including phenoxy) is 1. The lowest BCUT2D eigenvalue weighted by atomic mass is 9.84. The first-order valence-electron chi connectivity index (χ1n) is 6.34. The topological polar surface area (TPSA) is 70.1 Å². The average molecular weight is 291 g/mol. The monoisotopic (exact) mass is 291 g/mol. The molecule has 2 atom stereocenters. The van der Waals surface area contributed by atoms with Crippen molar-refractivity contribution in [2.24, 2.45) is 5.92 Å². The van der Waals surface area contributed by atoms with Crippen LogP contribution in [0.5, 0.6) is 0 Å². The fraction of sp³-hybridized carbons (Fsp3) is 0.667. The standard InChI is InChI=1S/C12H16F3N3O2/c1-20-11(19)7-4-2-3-5-9(7)18-6-8(16)10(17-18)12(13,14)15/h6-7,9H,2-5,16H2,1H3. The Balaban J connectivity index is 2.31. The van der Waals surface area contributed by atoms with Gasteiger partial charge in [-0.1, -0.05) is 12.8 Å². The van der Waals surface area contributed by atoms with Crippen LogP contribution < -0.4 is 5.73 Å². The van der Waals surface area contributed by atoms with Crippen molar-refractivity contribution < 1.29 is 22.7 Å². The molecular weight excluding hydrogens is 275 g/mol. The lowest BCUT2D eigenvalue weighted by molar-refractivity contribution is -0.148. The van der Waals surface area contributed by atoms with E-state index in [1.54, 1.807) is 0 Å². The molecule has 1 saturated carbocycles. The molecule has 0 aromatic carbocycles. The van der Waals surface area contributed by atoms with Crippen molar-refractivity contribution in [1.82, 2.24) is 9.78 Å². The van der Waals surface area contributed by atoms with Crippen molar-refractivity contribution in [2.75, 3.05) is 12.8 Å². The van der Waals surface area contributed by atoms with E-state index in [1.165, 1.54) is 11.8 Å². The number of nitrogens with zero attached hydrogens (tertiary/aromatic N) is 2. The molecule has 0 spiro atoms. The molecular formula is C12H16F3N3O2. The fourth-order valence-corrected chi connectivity index (χ4v) is 2.65. The van der Waals surface area contributed by atoms with Gasteiger partial charge in [-0.05, 0) is 12.8 Å². The molecule has 0 bridgehead atoms. The van der Waals surface area contributed by atoms with Crippen LogP contribution in [0.25, 0.3) is 0 Å². The molecule has 1 aromatic heterocycles. The molecule has 0 aliphatic heterocycles. The Labute approximate surface area is 113 Å². The normalized spacial score (nSPS) is 23.6. The Bertz CT molecular complexity index is 499. The molecule has 2 rings (SSSR count). The predicted molar refractivity (Wildman–Crippen MR) is 64.7 cm³/mol. The third kappa shape index (κ3) is 2.73. The third-order valence-electron chi connectivity index (χ3n) is 3.60. The zero-order valence-electron chi connectivity index (χ0n) is 11.0. The van der Waals surface area contributed by atoms with E-state index in [0.717, 1.165) is 19.0 Å². The van der Waals surface area contributed by atoms with Gasteiger partial charge in [-0.15, -0.1) is 0 Å². The van der Waals surface area contributed by atoms with Crippen molar-refractivity contribution in [1.29, 1.82) is 0 Å². The summed E-state index contributed by atoms with van der Waals surface area (Å²) >= 11 is 0. The van der Waals surface area contributed by atoms with Crippen molar-refractivity contribution in [3.63, 3.8) is 0 Å². The summed E-state index contributed by atoms with van der Waals surface area (Å²) in [5, 5.41) is 3.53. The van der Waals surface area contributed by atoms with E-state index in [0.29, 0.717) is 12.8 Å². The minimum absolute atomic E-state index is 0.419. The van der Waals surface area contributed by atoms with Crippen LogP contribution in [0.15, 0.2) is 6.20 Å². The van der Waals surface area contributed by atoms with E-state index < -0.39 is 35.5 Å². The first kappa shape index (κ1) is 14.7. The number of hydrogen-bond donors (Lipinski definition) is 1. The van der Waals surface area contributed by atoms with E-state index in [4.69, 9.17) is 10.5 Å². The number of nitrogens with two attached hydrogens (primary N) is 1. The number of esters is 1. The number of carbonyl (C=O) groups is 1. The molecule has 1 aliphatic carbocycles. The summed E-state index contributed by atoms with van der Waals surface area (Å²) in [6.07, 6.45) is -0.603. The van der Waals surface area contributed by atoms with Gasteiger partial charge < -0.3 is 10.5 Å². The van der Waals surface area contributed by atoms with Crippen LogP contribution in [-0.2, 0) is 15.7 Å². The van der Waals surface area contributed by atoms with E-state index in [1.807, 2.05) is 0 Å². The molecule has 2 unspecified atom stereocenters. The smallest absolute Gasteiger partial charge is 0.437 e. The van der Waals surface area contributed by atoms with Crippen LogP contribution >= 0.6 is 0 Å². The Morgan fingerprint density at radius 3 is 2.65 bits per heavy atom. The highest BCUT2D eigenvalue weighted by atomic mass is 19.4. The number of rotatable bonds is 2. The van der Waals surface area contributed by atoms with Crippen LogP contribution in [0.2, 0.25) is 0 Å². The average Bonchev–Trinajstić information content (AvgIpc) is 2.80. The highest BCUT2D eigenvalue weighted by Gasteiger charge is 2.39. The second kappa shape index (κ2) is 5.34. The first-order valence-corrected chi connectivity index (χ1v) is 6.34. The summed E-state index contributed by atoms with van der Waals surface area (Å²) in [7, 11) is 1.27. The van der Waals surface area contributed by atoms with Crippen molar-refractivity contribution >= 4 is 11.7 Å². The molecule has 2 N–H and O–H groups in total. The summed E-state index contributed by atoms with van der Waals surface area (Å²) in [5.41, 5.74) is 3.84. The molecule has 5 nitrogen and oxygen atoms in total. The Morgan fingerprint density at radius 2 is 2.10 bits per heavy atom. The van der Waals surface area contributed by atoms with E-state index in [-0.39, 0.29) is 0 Å². The number of anilines is 1. The zero-order chi connectivity index (χ0) is 14.9. The number of halogens is 3. The molecule has 1 fully saturated rings. The molecule has 20 heavy (non-hydrogen) atoms. The lowest BCUT2D eigenvalue weighted by Gasteiger charge is -2.29. The van der Waals surface area contributed by atoms with Gasteiger partial charge in [-0.2, -0.15) is 18.3 Å². The van der Waals surface area contributed by atoms with Crippen LogP contribution in [-0.4, -0.2) is 22.9 Å². The maximum absolute atomic E-state index is 12.7. The van der Waals surface area contributed by atoms with Crippen LogP contribution in [0.3, 0.4) is 0 Å². The van der Waals surface area contributed by atoms with Gasteiger partial charge in [0.25, 0.3) is 0 Å². The summed E-state index contributed by atoms with van der Waals surface area (Å²) < 4.78 is 44.0. The van der Waals surface area contributed by atoms with Crippen LogP contribution in [0, 0.1) is 5.92 Å². The lowest BCUT2D eigenvalue weighted by Crippen LogP contribution is -2.31. The Hall–Kier alpha value is -1.73. The molecule has 8 heteroatoms. The minimum atomic E-state index is -4.59. The molecule has 0 amide bonds. The number of alkyl halides is 3. The van der Waals surface area contributed by atoms with E-state index in [2.05, 4.69) is 5.10 Å². The van der Waals surface area contributed by atoms with Gasteiger partial charge in [0.1, 0.15) is 0 Å². The van der Waals surface area contributed by atoms with Crippen LogP contribution in [0.1, 0.15) is 37.4 Å². The SMILES string of the molecule is COC(=O)C1CCCCC1n1cc(N)c(C(F)(F)F)n1. The van der Waals surface area contributed by atoms with Gasteiger partial charge in [-0.3, -0.25) is 9.48 Å². The van der Waals surface area contributed by atoms with Crippen LogP contribution in [0.4, 0.5) is 18.9 Å². The summed E-state index contributed by atoms with van der Waals surface area (Å²) in [6, 6.07) is -0.436. The highest BCUT2D eigenvalue weighted by Crippen LogP contribution is 2.38. The number of nitrogen functional groups attached to an aromatic ring is 1.